The van der Waals surface area contributed by atoms with E-state index in [0.29, 0.717) is 0 Å². The smallest absolute Gasteiger partial charge is 0.119 e. The second-order valence-electron chi connectivity index (χ2n) is 5.62. The Morgan fingerprint density at radius 2 is 1.55 bits per heavy atom. The molecule has 0 radical (unpaired) electrons. The Labute approximate surface area is 124 Å². The Kier molecular flexibility index (Phi) is 10.0. The maximum atomic E-state index is 6.12. The van der Waals surface area contributed by atoms with Crippen molar-refractivity contribution in [3.05, 3.63) is 30.3 Å². The Bertz CT molecular complexity index is 312. The predicted octanol–water partition coefficient (Wildman–Crippen LogP) is 4.92. The highest BCUT2D eigenvalue weighted by molar-refractivity contribution is 5.20. The van der Waals surface area contributed by atoms with Crippen molar-refractivity contribution in [2.24, 2.45) is 5.73 Å². The summed E-state index contributed by atoms with van der Waals surface area (Å²) in [6, 6.07) is 10.2. The number of ether oxygens (including phenoxy) is 1. The number of nitrogens with two attached hydrogens (primary N) is 1. The molecule has 114 valence electrons. The molecule has 1 rings (SSSR count). The normalized spacial score (nSPS) is 12.3. The lowest BCUT2D eigenvalue weighted by Gasteiger charge is -2.12. The van der Waals surface area contributed by atoms with Gasteiger partial charge in [0.15, 0.2) is 0 Å². The predicted molar refractivity (Wildman–Crippen MR) is 87.1 cm³/mol. The average Bonchev–Trinajstić information content (AvgIpc) is 2.47. The summed E-state index contributed by atoms with van der Waals surface area (Å²) in [5, 5.41) is 0. The molecule has 2 N–H and O–H groups in total. The average molecular weight is 277 g/mol. The Morgan fingerprint density at radius 3 is 2.25 bits per heavy atom. The van der Waals surface area contributed by atoms with Crippen molar-refractivity contribution < 1.29 is 4.74 Å². The van der Waals surface area contributed by atoms with Crippen LogP contribution >= 0.6 is 0 Å². The molecule has 20 heavy (non-hydrogen) atoms. The number of hydrogen-bond donors (Lipinski definition) is 1. The third-order valence-electron chi connectivity index (χ3n) is 3.68. The highest BCUT2D eigenvalue weighted by Crippen LogP contribution is 2.12. The van der Waals surface area contributed by atoms with Crippen molar-refractivity contribution in [2.45, 2.75) is 70.8 Å². The summed E-state index contributed by atoms with van der Waals surface area (Å²) in [5.41, 5.74) is 6.12. The summed E-state index contributed by atoms with van der Waals surface area (Å²) in [4.78, 5) is 0. The van der Waals surface area contributed by atoms with Crippen molar-refractivity contribution in [3.8, 4) is 5.75 Å². The van der Waals surface area contributed by atoms with Crippen LogP contribution in [-0.4, -0.2) is 12.6 Å². The molecule has 0 aliphatic rings. The quantitative estimate of drug-likeness (QED) is 0.550. The minimum Gasteiger partial charge on any atom is -0.494 e. The van der Waals surface area contributed by atoms with Gasteiger partial charge >= 0.3 is 0 Å². The molecule has 0 saturated carbocycles. The molecule has 0 bridgehead atoms. The Morgan fingerprint density at radius 1 is 0.900 bits per heavy atom. The lowest BCUT2D eigenvalue weighted by molar-refractivity contribution is 0.293. The van der Waals surface area contributed by atoms with E-state index in [-0.39, 0.29) is 6.04 Å². The first-order valence-electron chi connectivity index (χ1n) is 8.26. The number of benzene rings is 1. The first kappa shape index (κ1) is 17.0. The van der Waals surface area contributed by atoms with Crippen molar-refractivity contribution in [1.82, 2.24) is 0 Å². The first-order chi connectivity index (χ1) is 9.83. The van der Waals surface area contributed by atoms with E-state index in [2.05, 4.69) is 6.92 Å². The molecule has 0 aliphatic heterocycles. The monoisotopic (exact) mass is 277 g/mol. The van der Waals surface area contributed by atoms with E-state index in [1.807, 2.05) is 30.3 Å². The van der Waals surface area contributed by atoms with E-state index >= 15 is 0 Å². The second kappa shape index (κ2) is 11.8. The highest BCUT2D eigenvalue weighted by Gasteiger charge is 2.03. The fourth-order valence-electron chi connectivity index (χ4n) is 2.35. The summed E-state index contributed by atoms with van der Waals surface area (Å²) in [6.45, 7) is 2.98. The summed E-state index contributed by atoms with van der Waals surface area (Å²) in [5.74, 6) is 0.940. The van der Waals surface area contributed by atoms with Crippen LogP contribution in [0.2, 0.25) is 0 Å². The third kappa shape index (κ3) is 8.98. The van der Waals surface area contributed by atoms with Gasteiger partial charge in [0, 0.05) is 6.04 Å². The topological polar surface area (TPSA) is 35.2 Å². The summed E-state index contributed by atoms with van der Waals surface area (Å²) >= 11 is 0. The third-order valence-corrected chi connectivity index (χ3v) is 3.68. The maximum absolute atomic E-state index is 6.12. The Hall–Kier alpha value is -1.02. The van der Waals surface area contributed by atoms with Gasteiger partial charge in [0.1, 0.15) is 5.75 Å². The summed E-state index contributed by atoms with van der Waals surface area (Å²) in [7, 11) is 0. The largest absolute Gasteiger partial charge is 0.494 e. The van der Waals surface area contributed by atoms with E-state index in [0.717, 1.165) is 25.2 Å². The molecule has 1 aromatic carbocycles. The zero-order valence-electron chi connectivity index (χ0n) is 13.0. The van der Waals surface area contributed by atoms with Crippen LogP contribution in [0.3, 0.4) is 0 Å². The van der Waals surface area contributed by atoms with Crippen LogP contribution in [0.25, 0.3) is 0 Å². The molecule has 0 aromatic heterocycles. The zero-order valence-corrected chi connectivity index (χ0v) is 13.0. The summed E-state index contributed by atoms with van der Waals surface area (Å²) in [6.07, 6.45) is 11.5. The molecule has 2 heteroatoms. The highest BCUT2D eigenvalue weighted by atomic mass is 16.5. The van der Waals surface area contributed by atoms with Crippen LogP contribution < -0.4 is 10.5 Å². The molecule has 0 amide bonds. The van der Waals surface area contributed by atoms with Gasteiger partial charge in [-0.05, 0) is 25.0 Å². The zero-order chi connectivity index (χ0) is 14.5. The second-order valence-corrected chi connectivity index (χ2v) is 5.62. The van der Waals surface area contributed by atoms with Gasteiger partial charge in [-0.25, -0.2) is 0 Å². The molecule has 0 aliphatic carbocycles. The van der Waals surface area contributed by atoms with Gasteiger partial charge in [-0.3, -0.25) is 0 Å². The van der Waals surface area contributed by atoms with Gasteiger partial charge < -0.3 is 10.5 Å². The van der Waals surface area contributed by atoms with Crippen molar-refractivity contribution >= 4 is 0 Å². The molecule has 0 heterocycles. The van der Waals surface area contributed by atoms with Gasteiger partial charge in [-0.15, -0.1) is 0 Å². The van der Waals surface area contributed by atoms with Gasteiger partial charge in [0.2, 0.25) is 0 Å². The van der Waals surface area contributed by atoms with Gasteiger partial charge in [-0.1, -0.05) is 70.1 Å². The minimum atomic E-state index is 0.286. The molecular weight excluding hydrogens is 246 g/mol. The van der Waals surface area contributed by atoms with Crippen LogP contribution in [0.4, 0.5) is 0 Å². The van der Waals surface area contributed by atoms with E-state index in [4.69, 9.17) is 10.5 Å². The first-order valence-corrected chi connectivity index (χ1v) is 8.26. The number of unbranched alkanes of at least 4 members (excludes halogenated alkanes) is 6. The minimum absolute atomic E-state index is 0.286. The number of hydrogen-bond acceptors (Lipinski definition) is 2. The van der Waals surface area contributed by atoms with Gasteiger partial charge in [-0.2, -0.15) is 0 Å². The molecule has 1 atom stereocenters. The van der Waals surface area contributed by atoms with Gasteiger partial charge in [0.05, 0.1) is 6.61 Å². The van der Waals surface area contributed by atoms with E-state index in [1.165, 1.54) is 44.9 Å². The van der Waals surface area contributed by atoms with Crippen LogP contribution in [0.1, 0.15) is 64.7 Å². The van der Waals surface area contributed by atoms with Crippen molar-refractivity contribution in [1.29, 1.82) is 0 Å². The van der Waals surface area contributed by atoms with Crippen LogP contribution in [0.15, 0.2) is 30.3 Å². The van der Waals surface area contributed by atoms with E-state index in [9.17, 15) is 0 Å². The fraction of sp³-hybridized carbons (Fsp3) is 0.667. The standard InChI is InChI=1S/C18H31NO/c1-2-3-4-5-6-7-9-12-17(19)15-16-20-18-13-10-8-11-14-18/h8,10-11,13-14,17H,2-7,9,12,15-16,19H2,1H3. The number of para-hydroxylation sites is 1. The maximum Gasteiger partial charge on any atom is 0.119 e. The molecule has 1 aromatic rings. The SMILES string of the molecule is CCCCCCCCCC(N)CCOc1ccccc1. The molecular formula is C18H31NO. The molecule has 0 fully saturated rings. The Balaban J connectivity index is 1.91. The molecule has 1 unspecified atom stereocenters. The lowest BCUT2D eigenvalue weighted by atomic mass is 10.0. The van der Waals surface area contributed by atoms with Crippen LogP contribution in [-0.2, 0) is 0 Å². The van der Waals surface area contributed by atoms with Crippen molar-refractivity contribution in [3.63, 3.8) is 0 Å². The summed E-state index contributed by atoms with van der Waals surface area (Å²) < 4.78 is 5.67. The van der Waals surface area contributed by atoms with Crippen molar-refractivity contribution in [2.75, 3.05) is 6.61 Å². The van der Waals surface area contributed by atoms with Crippen LogP contribution in [0, 0.1) is 0 Å². The van der Waals surface area contributed by atoms with Gasteiger partial charge in [0.25, 0.3) is 0 Å². The lowest BCUT2D eigenvalue weighted by Crippen LogP contribution is -2.22. The molecule has 0 saturated heterocycles. The molecule has 0 spiro atoms. The van der Waals surface area contributed by atoms with E-state index in [1.54, 1.807) is 0 Å². The number of rotatable bonds is 12. The molecule has 2 nitrogen and oxygen atoms in total. The van der Waals surface area contributed by atoms with E-state index < -0.39 is 0 Å². The fourth-order valence-corrected chi connectivity index (χ4v) is 2.35. The van der Waals surface area contributed by atoms with Crippen LogP contribution in [0.5, 0.6) is 5.75 Å².